The number of sulfonamides is 1. The highest BCUT2D eigenvalue weighted by Crippen LogP contribution is 2.24. The van der Waals surface area contributed by atoms with E-state index in [1.54, 1.807) is 28.6 Å². The second-order valence-corrected chi connectivity index (χ2v) is 10.3. The van der Waals surface area contributed by atoms with Crippen LogP contribution in [0.25, 0.3) is 10.8 Å². The van der Waals surface area contributed by atoms with E-state index in [0.29, 0.717) is 30.9 Å². The summed E-state index contributed by atoms with van der Waals surface area (Å²) >= 11 is 0. The molecule has 0 aromatic heterocycles. The fraction of sp³-hybridized carbons (Fsp3) is 0.346. The lowest BCUT2D eigenvalue weighted by Gasteiger charge is -2.20. The van der Waals surface area contributed by atoms with Gasteiger partial charge in [-0.05, 0) is 66.4 Å². The van der Waals surface area contributed by atoms with Crippen LogP contribution in [0.3, 0.4) is 0 Å². The van der Waals surface area contributed by atoms with Crippen molar-refractivity contribution in [2.75, 3.05) is 18.4 Å². The van der Waals surface area contributed by atoms with E-state index in [2.05, 4.69) is 5.32 Å². The Hall–Kier alpha value is -2.90. The van der Waals surface area contributed by atoms with Crippen LogP contribution in [0.1, 0.15) is 39.0 Å². The molecule has 1 atom stereocenters. The van der Waals surface area contributed by atoms with Gasteiger partial charge in [-0.25, -0.2) is 8.42 Å². The van der Waals surface area contributed by atoms with Crippen molar-refractivity contribution >= 4 is 32.4 Å². The number of fused-ring (bicyclic) bond motifs is 1. The highest BCUT2D eigenvalue weighted by atomic mass is 32.2. The van der Waals surface area contributed by atoms with Gasteiger partial charge in [-0.2, -0.15) is 4.31 Å². The van der Waals surface area contributed by atoms with Gasteiger partial charge >= 0.3 is 0 Å². The van der Waals surface area contributed by atoms with Crippen molar-refractivity contribution in [2.24, 2.45) is 0 Å². The van der Waals surface area contributed by atoms with Gasteiger partial charge in [0.25, 0.3) is 5.91 Å². The highest BCUT2D eigenvalue weighted by Gasteiger charge is 2.25. The summed E-state index contributed by atoms with van der Waals surface area (Å²) in [7, 11) is -3.51. The maximum absolute atomic E-state index is 12.9. The Morgan fingerprint density at radius 2 is 1.61 bits per heavy atom. The van der Waals surface area contributed by atoms with E-state index in [0.717, 1.165) is 36.5 Å². The molecule has 174 valence electrons. The van der Waals surface area contributed by atoms with E-state index in [4.69, 9.17) is 4.74 Å². The molecule has 0 saturated carbocycles. The quantitative estimate of drug-likeness (QED) is 0.519. The van der Waals surface area contributed by atoms with Crippen LogP contribution in [0.2, 0.25) is 0 Å². The maximum Gasteiger partial charge on any atom is 0.265 e. The van der Waals surface area contributed by atoms with E-state index in [-0.39, 0.29) is 10.8 Å². The molecule has 0 radical (unpaired) electrons. The second-order valence-electron chi connectivity index (χ2n) is 8.36. The zero-order valence-electron chi connectivity index (χ0n) is 18.9. The van der Waals surface area contributed by atoms with Crippen molar-refractivity contribution < 1.29 is 17.9 Å². The first kappa shape index (κ1) is 23.3. The normalized spacial score (nSPS) is 16.2. The molecule has 1 unspecified atom stereocenters. The van der Waals surface area contributed by atoms with Crippen LogP contribution in [-0.2, 0) is 14.8 Å². The lowest BCUT2D eigenvalue weighted by atomic mass is 10.1. The largest absolute Gasteiger partial charge is 0.481 e. The summed E-state index contributed by atoms with van der Waals surface area (Å²) in [6, 6.07) is 20.1. The topological polar surface area (TPSA) is 75.7 Å². The number of hydrogen-bond donors (Lipinski definition) is 1. The third-order valence-corrected chi connectivity index (χ3v) is 7.90. The third kappa shape index (κ3) is 5.54. The summed E-state index contributed by atoms with van der Waals surface area (Å²) in [4.78, 5) is 13.1. The Bertz CT molecular complexity index is 1200. The van der Waals surface area contributed by atoms with Crippen molar-refractivity contribution in [1.82, 2.24) is 4.31 Å². The van der Waals surface area contributed by atoms with Crippen LogP contribution < -0.4 is 10.1 Å². The predicted octanol–water partition coefficient (Wildman–Crippen LogP) is 5.20. The fourth-order valence-electron chi connectivity index (χ4n) is 4.09. The number of benzene rings is 3. The van der Waals surface area contributed by atoms with Gasteiger partial charge in [-0.3, -0.25) is 4.79 Å². The van der Waals surface area contributed by atoms with Gasteiger partial charge in [0, 0.05) is 18.8 Å². The monoisotopic (exact) mass is 466 g/mol. The minimum atomic E-state index is -3.51. The summed E-state index contributed by atoms with van der Waals surface area (Å²) in [5.41, 5.74) is 0.537. The molecule has 6 nitrogen and oxygen atoms in total. The number of rotatable bonds is 7. The van der Waals surface area contributed by atoms with Crippen LogP contribution in [0.15, 0.2) is 71.6 Å². The van der Waals surface area contributed by atoms with Gasteiger partial charge in [0.2, 0.25) is 10.0 Å². The molecule has 1 aliphatic heterocycles. The molecule has 7 heteroatoms. The van der Waals surface area contributed by atoms with E-state index in [1.807, 2.05) is 49.4 Å². The van der Waals surface area contributed by atoms with Crippen LogP contribution in [0, 0.1) is 0 Å². The molecule has 1 saturated heterocycles. The number of carbonyl (C=O) groups is 1. The van der Waals surface area contributed by atoms with Crippen LogP contribution in [0.5, 0.6) is 5.75 Å². The van der Waals surface area contributed by atoms with Crippen molar-refractivity contribution in [2.45, 2.75) is 50.0 Å². The fourth-order valence-corrected chi connectivity index (χ4v) is 5.61. The lowest BCUT2D eigenvalue weighted by molar-refractivity contribution is -0.122. The number of ether oxygens (including phenoxy) is 1. The number of nitrogens with one attached hydrogen (secondary N) is 1. The number of anilines is 1. The van der Waals surface area contributed by atoms with Crippen molar-refractivity contribution in [1.29, 1.82) is 0 Å². The van der Waals surface area contributed by atoms with Gasteiger partial charge < -0.3 is 10.1 Å². The lowest BCUT2D eigenvalue weighted by Crippen LogP contribution is -2.32. The molecule has 1 heterocycles. The van der Waals surface area contributed by atoms with Gasteiger partial charge in [-0.1, -0.05) is 50.1 Å². The average molecular weight is 467 g/mol. The van der Waals surface area contributed by atoms with Gasteiger partial charge in [0.1, 0.15) is 5.75 Å². The number of amides is 1. The Morgan fingerprint density at radius 1 is 0.939 bits per heavy atom. The Labute approximate surface area is 195 Å². The van der Waals surface area contributed by atoms with E-state index in [9.17, 15) is 13.2 Å². The molecule has 4 rings (SSSR count). The molecule has 0 bridgehead atoms. The minimum absolute atomic E-state index is 0.252. The van der Waals surface area contributed by atoms with Crippen molar-refractivity contribution in [3.63, 3.8) is 0 Å². The van der Waals surface area contributed by atoms with Crippen LogP contribution >= 0.6 is 0 Å². The SMILES string of the molecule is CCC(Oc1ccc2ccccc2c1)C(=O)Nc1ccc(S(=O)(=O)N2CCCCCC2)cc1. The van der Waals surface area contributed by atoms with Crippen LogP contribution in [-0.4, -0.2) is 37.8 Å². The number of hydrogen-bond acceptors (Lipinski definition) is 4. The first-order valence-corrected chi connectivity index (χ1v) is 13.0. The van der Waals surface area contributed by atoms with Gasteiger partial charge in [-0.15, -0.1) is 0 Å². The second kappa shape index (κ2) is 10.4. The number of nitrogens with zero attached hydrogens (tertiary/aromatic N) is 1. The average Bonchev–Trinajstić information content (AvgIpc) is 3.13. The molecule has 0 spiro atoms. The molecule has 3 aromatic carbocycles. The minimum Gasteiger partial charge on any atom is -0.481 e. The molecule has 33 heavy (non-hydrogen) atoms. The maximum atomic E-state index is 12.9. The number of carbonyl (C=O) groups excluding carboxylic acids is 1. The van der Waals surface area contributed by atoms with E-state index in [1.165, 1.54) is 0 Å². The summed E-state index contributed by atoms with van der Waals surface area (Å²) in [5, 5.41) is 5.00. The standard InChI is InChI=1S/C26H30N2O4S/c1-2-25(32-23-14-11-20-9-5-6-10-21(20)19-23)26(29)27-22-12-15-24(16-13-22)33(30,31)28-17-7-3-4-8-18-28/h5-6,9-16,19,25H,2-4,7-8,17-18H2,1H3,(H,27,29). The molecule has 1 aliphatic rings. The Morgan fingerprint density at radius 3 is 2.27 bits per heavy atom. The summed E-state index contributed by atoms with van der Waals surface area (Å²) in [6.45, 7) is 3.01. The zero-order chi connectivity index (χ0) is 23.3. The zero-order valence-corrected chi connectivity index (χ0v) is 19.7. The molecule has 1 amide bonds. The van der Waals surface area contributed by atoms with E-state index < -0.39 is 16.1 Å². The Kier molecular flexibility index (Phi) is 7.30. The first-order valence-electron chi connectivity index (χ1n) is 11.5. The first-order chi connectivity index (χ1) is 16.0. The van der Waals surface area contributed by atoms with Crippen molar-refractivity contribution in [3.05, 3.63) is 66.7 Å². The molecular weight excluding hydrogens is 436 g/mol. The summed E-state index contributed by atoms with van der Waals surface area (Å²) in [5.74, 6) is 0.364. The molecule has 3 aromatic rings. The smallest absolute Gasteiger partial charge is 0.265 e. The van der Waals surface area contributed by atoms with Gasteiger partial charge in [0.05, 0.1) is 4.90 Å². The summed E-state index contributed by atoms with van der Waals surface area (Å²) in [6.07, 6.45) is 3.76. The third-order valence-electron chi connectivity index (χ3n) is 5.99. The summed E-state index contributed by atoms with van der Waals surface area (Å²) < 4.78 is 33.4. The van der Waals surface area contributed by atoms with Crippen LogP contribution in [0.4, 0.5) is 5.69 Å². The molecule has 0 aliphatic carbocycles. The van der Waals surface area contributed by atoms with E-state index >= 15 is 0 Å². The van der Waals surface area contributed by atoms with Gasteiger partial charge in [0.15, 0.2) is 6.10 Å². The Balaban J connectivity index is 1.42. The predicted molar refractivity (Wildman–Crippen MR) is 131 cm³/mol. The highest BCUT2D eigenvalue weighted by molar-refractivity contribution is 7.89. The van der Waals surface area contributed by atoms with Crippen molar-refractivity contribution in [3.8, 4) is 5.75 Å². The molecule has 1 fully saturated rings. The molecule has 1 N–H and O–H groups in total. The molecular formula is C26H30N2O4S.